The summed E-state index contributed by atoms with van der Waals surface area (Å²) in [6.07, 6.45) is 0. The van der Waals surface area contributed by atoms with Crippen molar-refractivity contribution >= 4 is 16.8 Å². The summed E-state index contributed by atoms with van der Waals surface area (Å²) in [7, 11) is 0. The Kier molecular flexibility index (Phi) is 5.41. The van der Waals surface area contributed by atoms with Gasteiger partial charge in [0.1, 0.15) is 21.9 Å². The molecule has 9 rings (SSSR count). The molecule has 0 radical (unpaired) electrons. The minimum absolute atomic E-state index is 0.0382. The molecule has 3 aliphatic rings. The van der Waals surface area contributed by atoms with E-state index in [1.165, 1.54) is 38.9 Å². The smallest absolute Gasteiger partial charge is 0.140 e. The molecule has 6 aromatic carbocycles. The molecule has 0 bridgehead atoms. The van der Waals surface area contributed by atoms with Crippen LogP contribution in [0, 0.1) is 0 Å². The molecule has 1 N–H and O–H groups in total. The van der Waals surface area contributed by atoms with Crippen LogP contribution in [0.5, 0.6) is 11.5 Å². The number of rotatable bonds is 3. The monoisotopic (exact) mass is 570 g/mol. The molecule has 0 fully saturated rings. The third-order valence-electron chi connectivity index (χ3n) is 8.91. The van der Waals surface area contributed by atoms with Crippen LogP contribution in [0.25, 0.3) is 22.3 Å². The molecule has 1 unspecified atom stereocenters. The van der Waals surface area contributed by atoms with E-state index in [2.05, 4.69) is 150 Å². The molecule has 6 aromatic rings. The summed E-state index contributed by atoms with van der Waals surface area (Å²) in [5.74, 6) is 1.82. The van der Waals surface area contributed by atoms with E-state index in [0.29, 0.717) is 0 Å². The number of ether oxygens (including phenoxy) is 1. The van der Waals surface area contributed by atoms with Crippen molar-refractivity contribution in [3.05, 3.63) is 179 Å². The number of thioether (sulfide) groups is 1. The predicted molar refractivity (Wildman–Crippen MR) is 176 cm³/mol. The van der Waals surface area contributed by atoms with Gasteiger partial charge >= 0.3 is 0 Å². The lowest BCUT2D eigenvalue weighted by atomic mass is 9.65. The molecule has 43 heavy (non-hydrogen) atoms. The number of nitrogens with zero attached hydrogens (tertiary/aromatic N) is 1. The van der Waals surface area contributed by atoms with Crippen LogP contribution < -0.4 is 10.2 Å². The summed E-state index contributed by atoms with van der Waals surface area (Å²) >= 11 is 1.75. The van der Waals surface area contributed by atoms with Gasteiger partial charge in [0.2, 0.25) is 0 Å². The summed E-state index contributed by atoms with van der Waals surface area (Å²) < 4.78 is 6.88. The Balaban J connectivity index is 1.21. The van der Waals surface area contributed by atoms with Crippen LogP contribution in [0.3, 0.4) is 0 Å². The molecule has 0 amide bonds. The SMILES string of the molecule is c1ccc(C2=NNC(c3cccc(-c4cccc5c4Oc4ccccc4C54c5ccccc5-c5ccccc54)c3)S2)cc1. The van der Waals surface area contributed by atoms with Gasteiger partial charge in [-0.1, -0.05) is 145 Å². The quantitative estimate of drug-likeness (QED) is 0.230. The molecule has 0 saturated carbocycles. The van der Waals surface area contributed by atoms with Crippen molar-refractivity contribution in [1.29, 1.82) is 0 Å². The number of fused-ring (bicyclic) bond motifs is 9. The lowest BCUT2D eigenvalue weighted by Crippen LogP contribution is -2.32. The number of para-hydroxylation sites is 2. The van der Waals surface area contributed by atoms with Crippen molar-refractivity contribution in [3.8, 4) is 33.8 Å². The van der Waals surface area contributed by atoms with Gasteiger partial charge in [-0.15, -0.1) is 0 Å². The van der Waals surface area contributed by atoms with E-state index < -0.39 is 5.41 Å². The van der Waals surface area contributed by atoms with Crippen LogP contribution in [0.2, 0.25) is 0 Å². The summed E-state index contributed by atoms with van der Waals surface area (Å²) in [4.78, 5) is 0. The Morgan fingerprint density at radius 1 is 0.558 bits per heavy atom. The van der Waals surface area contributed by atoms with Gasteiger partial charge in [-0.2, -0.15) is 5.10 Å². The van der Waals surface area contributed by atoms with E-state index in [0.717, 1.165) is 33.2 Å². The predicted octanol–water partition coefficient (Wildman–Crippen LogP) is 9.52. The first-order valence-electron chi connectivity index (χ1n) is 14.6. The Morgan fingerprint density at radius 2 is 1.16 bits per heavy atom. The van der Waals surface area contributed by atoms with E-state index in [9.17, 15) is 0 Å². The first kappa shape index (κ1) is 24.5. The average molecular weight is 571 g/mol. The molecule has 0 aromatic heterocycles. The van der Waals surface area contributed by atoms with Gasteiger partial charge in [0, 0.05) is 22.3 Å². The first-order chi connectivity index (χ1) is 21.3. The highest BCUT2D eigenvalue weighted by molar-refractivity contribution is 8.14. The lowest BCUT2D eigenvalue weighted by Gasteiger charge is -2.40. The second-order valence-corrected chi connectivity index (χ2v) is 12.3. The highest BCUT2D eigenvalue weighted by Gasteiger charge is 2.51. The number of hydrogen-bond acceptors (Lipinski definition) is 4. The molecule has 2 heterocycles. The maximum Gasteiger partial charge on any atom is 0.140 e. The fourth-order valence-electron chi connectivity index (χ4n) is 7.11. The molecule has 1 atom stereocenters. The first-order valence-corrected chi connectivity index (χ1v) is 15.5. The topological polar surface area (TPSA) is 33.6 Å². The molecule has 3 nitrogen and oxygen atoms in total. The van der Waals surface area contributed by atoms with Crippen molar-refractivity contribution < 1.29 is 4.74 Å². The Bertz CT molecular complexity index is 2040. The number of benzene rings is 6. The minimum atomic E-state index is -0.466. The summed E-state index contributed by atoms with van der Waals surface area (Å²) in [6, 6.07) is 52.0. The molecule has 0 saturated heterocycles. The maximum atomic E-state index is 6.88. The zero-order valence-corrected chi connectivity index (χ0v) is 24.0. The molecule has 4 heteroatoms. The van der Waals surface area contributed by atoms with Crippen LogP contribution in [-0.2, 0) is 5.41 Å². The highest BCUT2D eigenvalue weighted by atomic mass is 32.2. The zero-order chi connectivity index (χ0) is 28.4. The van der Waals surface area contributed by atoms with Crippen molar-refractivity contribution in [1.82, 2.24) is 5.43 Å². The molecule has 2 aliphatic heterocycles. The largest absolute Gasteiger partial charge is 0.456 e. The second-order valence-electron chi connectivity index (χ2n) is 11.2. The van der Waals surface area contributed by atoms with Gasteiger partial charge in [0.15, 0.2) is 0 Å². The number of nitrogens with one attached hydrogen (secondary N) is 1. The Hall–Kier alpha value is -5.06. The second kappa shape index (κ2) is 9.48. The van der Waals surface area contributed by atoms with E-state index >= 15 is 0 Å². The lowest BCUT2D eigenvalue weighted by molar-refractivity contribution is 0.438. The molecule has 1 aliphatic carbocycles. The van der Waals surface area contributed by atoms with Crippen LogP contribution in [0.1, 0.15) is 38.8 Å². The molecular weight excluding hydrogens is 545 g/mol. The van der Waals surface area contributed by atoms with E-state index in [-0.39, 0.29) is 5.37 Å². The van der Waals surface area contributed by atoms with Crippen LogP contribution >= 0.6 is 11.8 Å². The zero-order valence-electron chi connectivity index (χ0n) is 23.2. The van der Waals surface area contributed by atoms with E-state index in [4.69, 9.17) is 4.74 Å². The third-order valence-corrected chi connectivity index (χ3v) is 10.1. The maximum absolute atomic E-state index is 6.88. The standard InChI is InChI=1S/C39H26N2OS/c1-2-12-25(13-3-1)37-40-41-38(43-37)27-15-10-14-26(24-27)28-18-11-22-34-36(28)42-35-23-9-8-21-33(35)39(34)31-19-6-4-16-29(31)30-17-5-7-20-32(30)39/h1-24,38,41H. The number of hydrazone groups is 1. The molecule has 1 spiro atoms. The van der Waals surface area contributed by atoms with Gasteiger partial charge in [0.25, 0.3) is 0 Å². The Morgan fingerprint density at radius 3 is 1.95 bits per heavy atom. The summed E-state index contributed by atoms with van der Waals surface area (Å²) in [6.45, 7) is 0. The van der Waals surface area contributed by atoms with Crippen molar-refractivity contribution in [2.24, 2.45) is 5.10 Å². The fourth-order valence-corrected chi connectivity index (χ4v) is 8.10. The van der Waals surface area contributed by atoms with E-state index in [1.54, 1.807) is 11.8 Å². The third kappa shape index (κ3) is 3.54. The van der Waals surface area contributed by atoms with E-state index in [1.807, 2.05) is 6.07 Å². The highest BCUT2D eigenvalue weighted by Crippen LogP contribution is 2.63. The van der Waals surface area contributed by atoms with Crippen molar-refractivity contribution in [3.63, 3.8) is 0 Å². The number of hydrogen-bond donors (Lipinski definition) is 1. The van der Waals surface area contributed by atoms with Crippen molar-refractivity contribution in [2.45, 2.75) is 10.8 Å². The molecular formula is C39H26N2OS. The fraction of sp³-hybridized carbons (Fsp3) is 0.0513. The summed E-state index contributed by atoms with van der Waals surface area (Å²) in [5, 5.41) is 5.70. The van der Waals surface area contributed by atoms with Gasteiger partial charge < -0.3 is 4.74 Å². The van der Waals surface area contributed by atoms with Crippen molar-refractivity contribution in [2.75, 3.05) is 0 Å². The minimum Gasteiger partial charge on any atom is -0.456 e. The normalized spacial score (nSPS) is 16.7. The van der Waals surface area contributed by atoms with Gasteiger partial charge in [-0.25, -0.2) is 0 Å². The van der Waals surface area contributed by atoms with Crippen LogP contribution in [0.4, 0.5) is 0 Å². The average Bonchev–Trinajstić information content (AvgIpc) is 3.69. The summed E-state index contributed by atoms with van der Waals surface area (Å²) in [5.41, 5.74) is 14.9. The molecule has 204 valence electrons. The van der Waals surface area contributed by atoms with Gasteiger partial charge in [0.05, 0.1) is 5.41 Å². The van der Waals surface area contributed by atoms with Crippen LogP contribution in [-0.4, -0.2) is 5.04 Å². The van der Waals surface area contributed by atoms with Gasteiger partial charge in [-0.05, 0) is 45.5 Å². The Labute approximate surface area is 254 Å². The van der Waals surface area contributed by atoms with Gasteiger partial charge in [-0.3, -0.25) is 5.43 Å². The van der Waals surface area contributed by atoms with Crippen LogP contribution in [0.15, 0.2) is 151 Å².